The fourth-order valence-corrected chi connectivity index (χ4v) is 3.29. The van der Waals surface area contributed by atoms with Crippen LogP contribution in [0.15, 0.2) is 30.5 Å². The molecule has 108 valence electrons. The largest absolute Gasteiger partial charge is 0.480 e. The maximum atomic E-state index is 11.4. The molecule has 0 aliphatic carbocycles. The summed E-state index contributed by atoms with van der Waals surface area (Å²) in [5.74, 6) is 0.0887. The molecule has 0 radical (unpaired) electrons. The third-order valence-electron chi connectivity index (χ3n) is 3.21. The van der Waals surface area contributed by atoms with Gasteiger partial charge in [0.25, 0.3) is 0 Å². The van der Waals surface area contributed by atoms with Crippen molar-refractivity contribution in [2.45, 2.75) is 11.7 Å². The number of carboxylic acid groups (broad SMARTS) is 1. The zero-order chi connectivity index (χ0) is 14.5. The highest BCUT2D eigenvalue weighted by atomic mass is 32.2. The highest BCUT2D eigenvalue weighted by Gasteiger charge is 2.20. The lowest BCUT2D eigenvalue weighted by atomic mass is 10.1. The number of hydrogen-bond donors (Lipinski definition) is 2. The smallest absolute Gasteiger partial charge is 0.316 e. The number of carboxylic acids is 1. The Labute approximate surface area is 123 Å². The van der Waals surface area contributed by atoms with Gasteiger partial charge < -0.3 is 15.0 Å². The Hall–Kier alpha value is -1.46. The average Bonchev–Trinajstić information content (AvgIpc) is 2.80. The molecule has 0 fully saturated rings. The second kappa shape index (κ2) is 6.81. The van der Waals surface area contributed by atoms with Crippen LogP contribution in [0, 0.1) is 0 Å². The number of aliphatic carboxylic acids is 1. The number of thioether (sulfide) groups is 1. The van der Waals surface area contributed by atoms with Crippen LogP contribution in [0.2, 0.25) is 0 Å². The van der Waals surface area contributed by atoms with E-state index in [1.165, 1.54) is 11.8 Å². The van der Waals surface area contributed by atoms with E-state index in [-0.39, 0.29) is 0 Å². The molecule has 2 aromatic rings. The van der Waals surface area contributed by atoms with Gasteiger partial charge in [-0.1, -0.05) is 18.2 Å². The van der Waals surface area contributed by atoms with Gasteiger partial charge >= 0.3 is 5.97 Å². The van der Waals surface area contributed by atoms with Crippen LogP contribution in [0.25, 0.3) is 10.9 Å². The number of hydrogen-bond acceptors (Lipinski definition) is 3. The Morgan fingerprint density at radius 1 is 1.40 bits per heavy atom. The van der Waals surface area contributed by atoms with E-state index in [0.29, 0.717) is 6.42 Å². The molecule has 1 heterocycles. The van der Waals surface area contributed by atoms with Crippen LogP contribution in [-0.4, -0.2) is 52.6 Å². The molecular weight excluding hydrogens is 272 g/mol. The van der Waals surface area contributed by atoms with Crippen molar-refractivity contribution < 1.29 is 9.90 Å². The highest BCUT2D eigenvalue weighted by Crippen LogP contribution is 2.23. The quantitative estimate of drug-likeness (QED) is 0.823. The maximum absolute atomic E-state index is 11.4. The number of aromatic amines is 1. The number of H-pyrrole nitrogens is 1. The van der Waals surface area contributed by atoms with Gasteiger partial charge in [0.2, 0.25) is 0 Å². The lowest BCUT2D eigenvalue weighted by molar-refractivity contribution is -0.136. The van der Waals surface area contributed by atoms with E-state index in [4.69, 9.17) is 0 Å². The summed E-state index contributed by atoms with van der Waals surface area (Å²) >= 11 is 1.51. The van der Waals surface area contributed by atoms with Crippen molar-refractivity contribution in [3.05, 3.63) is 36.0 Å². The summed E-state index contributed by atoms with van der Waals surface area (Å²) in [5, 5.41) is 10.1. The van der Waals surface area contributed by atoms with Crippen molar-refractivity contribution in [3.63, 3.8) is 0 Å². The summed E-state index contributed by atoms with van der Waals surface area (Å²) < 4.78 is 0. The van der Waals surface area contributed by atoms with Gasteiger partial charge in [-0.15, -0.1) is 11.8 Å². The Morgan fingerprint density at radius 2 is 2.15 bits per heavy atom. The summed E-state index contributed by atoms with van der Waals surface area (Å²) in [6, 6.07) is 8.00. The monoisotopic (exact) mass is 292 g/mol. The van der Waals surface area contributed by atoms with E-state index < -0.39 is 11.2 Å². The summed E-state index contributed by atoms with van der Waals surface area (Å²) in [6.45, 7) is 0.891. The molecule has 0 saturated heterocycles. The zero-order valence-electron chi connectivity index (χ0n) is 11.8. The third kappa shape index (κ3) is 3.77. The standard InChI is InChI=1S/C15H20N2O2S/c1-17(2)7-8-20-14(15(18)19)9-11-10-16-13-6-4-3-5-12(11)13/h3-6,10,14,16H,7-9H2,1-2H3,(H,18,19)/t14-/m0/s1. The van der Waals surface area contributed by atoms with E-state index in [2.05, 4.69) is 9.88 Å². The van der Waals surface area contributed by atoms with Gasteiger partial charge in [0.05, 0.1) is 0 Å². The van der Waals surface area contributed by atoms with Crippen LogP contribution in [0.3, 0.4) is 0 Å². The predicted octanol–water partition coefficient (Wildman–Crippen LogP) is 2.46. The molecule has 1 aromatic heterocycles. The van der Waals surface area contributed by atoms with Gasteiger partial charge in [0, 0.05) is 29.4 Å². The molecule has 5 heteroatoms. The lowest BCUT2D eigenvalue weighted by Gasteiger charge is -2.14. The Morgan fingerprint density at radius 3 is 2.85 bits per heavy atom. The van der Waals surface area contributed by atoms with Gasteiger partial charge in [-0.2, -0.15) is 0 Å². The maximum Gasteiger partial charge on any atom is 0.316 e. The molecule has 1 aromatic carbocycles. The van der Waals surface area contributed by atoms with Crippen molar-refractivity contribution in [2.75, 3.05) is 26.4 Å². The van der Waals surface area contributed by atoms with Crippen LogP contribution in [0.5, 0.6) is 0 Å². The van der Waals surface area contributed by atoms with Crippen molar-refractivity contribution in [2.24, 2.45) is 0 Å². The molecule has 1 atom stereocenters. The number of para-hydroxylation sites is 1. The number of nitrogens with zero attached hydrogens (tertiary/aromatic N) is 1. The van der Waals surface area contributed by atoms with Crippen LogP contribution in [0.1, 0.15) is 5.56 Å². The van der Waals surface area contributed by atoms with E-state index in [1.807, 2.05) is 44.6 Å². The molecule has 2 N–H and O–H groups in total. The van der Waals surface area contributed by atoms with E-state index >= 15 is 0 Å². The van der Waals surface area contributed by atoms with Gasteiger partial charge in [-0.3, -0.25) is 4.79 Å². The lowest BCUT2D eigenvalue weighted by Crippen LogP contribution is -2.22. The number of benzene rings is 1. The van der Waals surface area contributed by atoms with Crippen LogP contribution >= 0.6 is 11.8 Å². The minimum atomic E-state index is -0.737. The SMILES string of the molecule is CN(C)CCS[C@@H](Cc1c[nH]c2ccccc12)C(=O)O. The highest BCUT2D eigenvalue weighted by molar-refractivity contribution is 8.00. The number of rotatable bonds is 7. The number of fused-ring (bicyclic) bond motifs is 1. The van der Waals surface area contributed by atoms with Crippen molar-refractivity contribution >= 4 is 28.6 Å². The van der Waals surface area contributed by atoms with Gasteiger partial charge in [0.1, 0.15) is 5.25 Å². The molecule has 0 amide bonds. The average molecular weight is 292 g/mol. The molecule has 0 saturated carbocycles. The van der Waals surface area contributed by atoms with Gasteiger partial charge in [-0.25, -0.2) is 0 Å². The predicted molar refractivity (Wildman–Crippen MR) is 84.4 cm³/mol. The minimum Gasteiger partial charge on any atom is -0.480 e. The van der Waals surface area contributed by atoms with Gasteiger partial charge in [-0.05, 0) is 32.1 Å². The number of nitrogens with one attached hydrogen (secondary N) is 1. The number of aromatic nitrogens is 1. The summed E-state index contributed by atoms with van der Waals surface area (Å²) in [5.41, 5.74) is 2.13. The zero-order valence-corrected chi connectivity index (χ0v) is 12.6. The molecule has 4 nitrogen and oxygen atoms in total. The molecule has 2 rings (SSSR count). The molecule has 0 aliphatic heterocycles. The van der Waals surface area contributed by atoms with E-state index in [9.17, 15) is 9.90 Å². The molecule has 0 aliphatic rings. The van der Waals surface area contributed by atoms with Crippen molar-refractivity contribution in [1.82, 2.24) is 9.88 Å². The Bertz CT molecular complexity index is 580. The van der Waals surface area contributed by atoms with Gasteiger partial charge in [0.15, 0.2) is 0 Å². The fourth-order valence-electron chi connectivity index (χ4n) is 2.10. The third-order valence-corrected chi connectivity index (χ3v) is 4.40. The molecule has 0 spiro atoms. The first-order valence-corrected chi connectivity index (χ1v) is 7.67. The molecule has 0 unspecified atom stereocenters. The van der Waals surface area contributed by atoms with E-state index in [0.717, 1.165) is 28.8 Å². The van der Waals surface area contributed by atoms with Crippen LogP contribution < -0.4 is 0 Å². The molecule has 0 bridgehead atoms. The van der Waals surface area contributed by atoms with Crippen LogP contribution in [0.4, 0.5) is 0 Å². The second-order valence-electron chi connectivity index (χ2n) is 5.06. The number of carbonyl (C=O) groups is 1. The first-order chi connectivity index (χ1) is 9.58. The first kappa shape index (κ1) is 14.9. The Kier molecular flexibility index (Phi) is 5.09. The summed E-state index contributed by atoms with van der Waals surface area (Å²) in [6.07, 6.45) is 2.48. The summed E-state index contributed by atoms with van der Waals surface area (Å²) in [4.78, 5) is 16.7. The fraction of sp³-hybridized carbons (Fsp3) is 0.400. The minimum absolute atomic E-state index is 0.394. The summed E-state index contributed by atoms with van der Waals surface area (Å²) in [7, 11) is 3.99. The first-order valence-electron chi connectivity index (χ1n) is 6.62. The molecule has 20 heavy (non-hydrogen) atoms. The normalized spacial score (nSPS) is 12.9. The van der Waals surface area contributed by atoms with Crippen molar-refractivity contribution in [3.8, 4) is 0 Å². The molecular formula is C15H20N2O2S. The second-order valence-corrected chi connectivity index (χ2v) is 6.38. The van der Waals surface area contributed by atoms with Crippen molar-refractivity contribution in [1.29, 1.82) is 0 Å². The van der Waals surface area contributed by atoms with Crippen LogP contribution in [-0.2, 0) is 11.2 Å². The Balaban J connectivity index is 2.06. The topological polar surface area (TPSA) is 56.3 Å². The van der Waals surface area contributed by atoms with E-state index in [1.54, 1.807) is 0 Å².